The minimum absolute atomic E-state index is 0.0226. The Labute approximate surface area is 189 Å². The number of aliphatic hydroxyl groups excluding tert-OH is 1. The number of carbonyl (C=O) groups is 5. The summed E-state index contributed by atoms with van der Waals surface area (Å²) in [5.41, 5.74) is 6.13. The van der Waals surface area contributed by atoms with E-state index in [0.717, 1.165) is 0 Å². The van der Waals surface area contributed by atoms with Crippen LogP contribution in [0.3, 0.4) is 0 Å². The van der Waals surface area contributed by atoms with Crippen molar-refractivity contribution in [1.29, 1.82) is 0 Å². The van der Waals surface area contributed by atoms with Crippen molar-refractivity contribution < 1.29 is 44.4 Å². The first kappa shape index (κ1) is 27.3. The van der Waals surface area contributed by atoms with Crippen molar-refractivity contribution in [3.05, 3.63) is 29.8 Å². The van der Waals surface area contributed by atoms with Crippen LogP contribution in [0.25, 0.3) is 0 Å². The molecule has 4 atom stereocenters. The van der Waals surface area contributed by atoms with Gasteiger partial charge in [0, 0.05) is 12.8 Å². The molecule has 0 aromatic heterocycles. The van der Waals surface area contributed by atoms with Gasteiger partial charge in [-0.3, -0.25) is 19.2 Å². The van der Waals surface area contributed by atoms with E-state index in [1.165, 1.54) is 31.2 Å². The third-order valence-corrected chi connectivity index (χ3v) is 4.56. The maximum Gasteiger partial charge on any atom is 0.328 e. The van der Waals surface area contributed by atoms with Crippen molar-refractivity contribution in [2.75, 3.05) is 6.61 Å². The summed E-state index contributed by atoms with van der Waals surface area (Å²) in [6, 6.07) is 0.522. The van der Waals surface area contributed by atoms with Crippen LogP contribution in [0.2, 0.25) is 0 Å². The molecular weight excluding hydrogens is 440 g/mol. The van der Waals surface area contributed by atoms with Gasteiger partial charge in [0.05, 0.1) is 12.6 Å². The summed E-state index contributed by atoms with van der Waals surface area (Å²) in [5.74, 6) is -5.07. The fourth-order valence-corrected chi connectivity index (χ4v) is 2.63. The lowest BCUT2D eigenvalue weighted by molar-refractivity contribution is -0.143. The van der Waals surface area contributed by atoms with Crippen LogP contribution in [0.4, 0.5) is 0 Å². The van der Waals surface area contributed by atoms with Gasteiger partial charge < -0.3 is 42.1 Å². The van der Waals surface area contributed by atoms with Crippen LogP contribution < -0.4 is 21.7 Å². The van der Waals surface area contributed by atoms with Crippen molar-refractivity contribution in [1.82, 2.24) is 16.0 Å². The molecule has 4 unspecified atom stereocenters. The van der Waals surface area contributed by atoms with Gasteiger partial charge in [0.2, 0.25) is 17.7 Å². The van der Waals surface area contributed by atoms with Gasteiger partial charge in [-0.15, -0.1) is 0 Å². The van der Waals surface area contributed by atoms with E-state index >= 15 is 0 Å². The second kappa shape index (κ2) is 13.0. The largest absolute Gasteiger partial charge is 0.508 e. The fraction of sp³-hybridized carbons (Fsp3) is 0.450. The van der Waals surface area contributed by atoms with E-state index in [-0.39, 0.29) is 25.0 Å². The van der Waals surface area contributed by atoms with Gasteiger partial charge in [-0.2, -0.15) is 0 Å². The van der Waals surface area contributed by atoms with Crippen LogP contribution in [0, 0.1) is 0 Å². The minimum Gasteiger partial charge on any atom is -0.508 e. The first-order valence-corrected chi connectivity index (χ1v) is 9.94. The fourth-order valence-electron chi connectivity index (χ4n) is 2.63. The van der Waals surface area contributed by atoms with E-state index in [2.05, 4.69) is 16.0 Å². The Hall–Kier alpha value is -3.71. The van der Waals surface area contributed by atoms with Crippen LogP contribution >= 0.6 is 0 Å². The van der Waals surface area contributed by atoms with E-state index in [9.17, 15) is 29.1 Å². The number of carboxylic acids is 2. The van der Waals surface area contributed by atoms with Crippen molar-refractivity contribution >= 4 is 29.7 Å². The van der Waals surface area contributed by atoms with Crippen molar-refractivity contribution in [2.45, 2.75) is 50.4 Å². The van der Waals surface area contributed by atoms with Gasteiger partial charge in [0.1, 0.15) is 23.9 Å². The predicted molar refractivity (Wildman–Crippen MR) is 113 cm³/mol. The lowest BCUT2D eigenvalue weighted by Gasteiger charge is -2.23. The molecule has 0 aliphatic carbocycles. The molecule has 13 nitrogen and oxygen atoms in total. The summed E-state index contributed by atoms with van der Waals surface area (Å²) >= 11 is 0. The molecule has 13 heteroatoms. The van der Waals surface area contributed by atoms with Gasteiger partial charge in [-0.05, 0) is 31.0 Å². The molecule has 0 aliphatic rings. The minimum atomic E-state index is -1.60. The maximum absolute atomic E-state index is 12.6. The number of hydrogen-bond donors (Lipinski definition) is 8. The number of nitrogens with one attached hydrogen (secondary N) is 3. The Morgan fingerprint density at radius 3 is 2.00 bits per heavy atom. The lowest BCUT2D eigenvalue weighted by Crippen LogP contribution is -2.57. The van der Waals surface area contributed by atoms with Gasteiger partial charge in [-0.25, -0.2) is 4.79 Å². The maximum atomic E-state index is 12.6. The van der Waals surface area contributed by atoms with Gasteiger partial charge in [0.25, 0.3) is 0 Å². The Bertz CT molecular complexity index is 860. The molecule has 0 saturated carbocycles. The second-order valence-electron chi connectivity index (χ2n) is 7.28. The second-order valence-corrected chi connectivity index (χ2v) is 7.28. The number of rotatable bonds is 13. The summed E-state index contributed by atoms with van der Waals surface area (Å²) in [5, 5.41) is 43.1. The molecule has 0 spiro atoms. The molecule has 0 radical (unpaired) electrons. The Kier molecular flexibility index (Phi) is 10.7. The number of carboxylic acid groups (broad SMARTS) is 2. The van der Waals surface area contributed by atoms with Crippen LogP contribution in [0.5, 0.6) is 5.75 Å². The molecule has 0 bridgehead atoms. The molecule has 1 aromatic rings. The predicted octanol–water partition coefficient (Wildman–Crippen LogP) is -2.32. The lowest BCUT2D eigenvalue weighted by atomic mass is 10.0. The molecular formula is C20H28N4O9. The highest BCUT2D eigenvalue weighted by atomic mass is 16.4. The molecule has 0 saturated heterocycles. The first-order chi connectivity index (χ1) is 15.4. The molecule has 1 aromatic carbocycles. The summed E-state index contributed by atoms with van der Waals surface area (Å²) in [7, 11) is 0. The molecule has 1 rings (SSSR count). The first-order valence-electron chi connectivity index (χ1n) is 9.94. The third kappa shape index (κ3) is 9.53. The molecule has 0 heterocycles. The molecule has 182 valence electrons. The SMILES string of the molecule is CC(NC(=O)C(N)CCC(=O)O)C(=O)NC(Cc1ccc(O)cc1)C(=O)NC(CO)C(=O)O. The van der Waals surface area contributed by atoms with E-state index in [4.69, 9.17) is 21.1 Å². The van der Waals surface area contributed by atoms with Crippen LogP contribution in [-0.4, -0.2) is 80.9 Å². The highest BCUT2D eigenvalue weighted by Crippen LogP contribution is 2.12. The monoisotopic (exact) mass is 468 g/mol. The number of aliphatic hydroxyl groups is 1. The number of phenols is 1. The van der Waals surface area contributed by atoms with Crippen LogP contribution in [-0.2, 0) is 30.4 Å². The topological polar surface area (TPSA) is 228 Å². The zero-order valence-electron chi connectivity index (χ0n) is 17.9. The third-order valence-electron chi connectivity index (χ3n) is 4.56. The number of hydrogen-bond acceptors (Lipinski definition) is 8. The number of benzene rings is 1. The van der Waals surface area contributed by atoms with Gasteiger partial charge >= 0.3 is 11.9 Å². The highest BCUT2D eigenvalue weighted by molar-refractivity contribution is 5.94. The standard InChI is InChI=1S/C20H28N4O9/c1-10(22-18(30)13(21)6-7-16(27)28)17(29)23-14(8-11-2-4-12(26)5-3-11)19(31)24-15(9-25)20(32)33/h2-5,10,13-15,25-26H,6-9,21H2,1H3,(H,22,30)(H,23,29)(H,24,31)(H,27,28)(H,32,33). The van der Waals surface area contributed by atoms with Crippen LogP contribution in [0.1, 0.15) is 25.3 Å². The average molecular weight is 468 g/mol. The van der Waals surface area contributed by atoms with E-state index in [1.54, 1.807) is 0 Å². The number of carbonyl (C=O) groups excluding carboxylic acids is 3. The van der Waals surface area contributed by atoms with Gasteiger partial charge in [0.15, 0.2) is 0 Å². The van der Waals surface area contributed by atoms with E-state index in [0.29, 0.717) is 5.56 Å². The van der Waals surface area contributed by atoms with Crippen LogP contribution in [0.15, 0.2) is 24.3 Å². The summed E-state index contributed by atoms with van der Waals surface area (Å²) < 4.78 is 0. The summed E-state index contributed by atoms with van der Waals surface area (Å²) in [4.78, 5) is 59.0. The smallest absolute Gasteiger partial charge is 0.328 e. The Balaban J connectivity index is 2.89. The zero-order valence-corrected chi connectivity index (χ0v) is 17.9. The zero-order chi connectivity index (χ0) is 25.1. The van der Waals surface area contributed by atoms with E-state index in [1.807, 2.05) is 0 Å². The quantitative estimate of drug-likeness (QED) is 0.154. The molecule has 9 N–H and O–H groups in total. The van der Waals surface area contributed by atoms with Crippen molar-refractivity contribution in [3.8, 4) is 5.75 Å². The average Bonchev–Trinajstić information content (AvgIpc) is 2.75. The molecule has 3 amide bonds. The molecule has 0 fully saturated rings. The van der Waals surface area contributed by atoms with E-state index < -0.39 is 60.4 Å². The van der Waals surface area contributed by atoms with Crippen molar-refractivity contribution in [3.63, 3.8) is 0 Å². The molecule has 0 aliphatic heterocycles. The summed E-state index contributed by atoms with van der Waals surface area (Å²) in [6.07, 6.45) is -0.562. The highest BCUT2D eigenvalue weighted by Gasteiger charge is 2.29. The Morgan fingerprint density at radius 1 is 0.909 bits per heavy atom. The summed E-state index contributed by atoms with van der Waals surface area (Å²) in [6.45, 7) is 0.447. The normalized spacial score (nSPS) is 14.3. The van der Waals surface area contributed by atoms with Gasteiger partial charge in [-0.1, -0.05) is 12.1 Å². The number of aromatic hydroxyl groups is 1. The van der Waals surface area contributed by atoms with Crippen molar-refractivity contribution in [2.24, 2.45) is 5.73 Å². The Morgan fingerprint density at radius 2 is 1.48 bits per heavy atom. The number of phenolic OH excluding ortho intramolecular Hbond substituents is 1. The molecule has 33 heavy (non-hydrogen) atoms. The number of aliphatic carboxylic acids is 2. The number of amides is 3. The number of nitrogens with two attached hydrogens (primary N) is 1.